The summed E-state index contributed by atoms with van der Waals surface area (Å²) in [5.74, 6) is 0.380. The zero-order chi connectivity index (χ0) is 20.1. The maximum absolute atomic E-state index is 12.5. The second-order valence-corrected chi connectivity index (χ2v) is 7.19. The van der Waals surface area contributed by atoms with Crippen molar-refractivity contribution in [3.05, 3.63) is 70.0 Å². The van der Waals surface area contributed by atoms with Crippen molar-refractivity contribution in [1.29, 1.82) is 0 Å². The Bertz CT molecular complexity index is 926. The third-order valence-electron chi connectivity index (χ3n) is 3.89. The highest BCUT2D eigenvalue weighted by molar-refractivity contribution is 6.30. The Labute approximate surface area is 172 Å². The molecule has 7 nitrogen and oxygen atoms in total. The number of rotatable bonds is 6. The molecular formula is C19H19Cl2N5O2. The zero-order valence-corrected chi connectivity index (χ0v) is 16.8. The molecule has 28 heavy (non-hydrogen) atoms. The van der Waals surface area contributed by atoms with E-state index in [0.717, 1.165) is 5.56 Å². The number of hydrogen-bond donors (Lipinski definition) is 2. The van der Waals surface area contributed by atoms with Crippen LogP contribution in [0, 0.1) is 0 Å². The normalized spacial score (nSPS) is 11.7. The van der Waals surface area contributed by atoms with Gasteiger partial charge in [0.1, 0.15) is 0 Å². The predicted molar refractivity (Wildman–Crippen MR) is 110 cm³/mol. The van der Waals surface area contributed by atoms with Crippen molar-refractivity contribution >= 4 is 40.9 Å². The van der Waals surface area contributed by atoms with Gasteiger partial charge in [-0.25, -0.2) is 4.79 Å². The van der Waals surface area contributed by atoms with Gasteiger partial charge < -0.3 is 20.1 Å². The lowest BCUT2D eigenvalue weighted by Gasteiger charge is -2.16. The first kappa shape index (κ1) is 20.0. The molecule has 3 rings (SSSR count). The maximum atomic E-state index is 12.5. The summed E-state index contributed by atoms with van der Waals surface area (Å²) < 4.78 is 5.23. The summed E-state index contributed by atoms with van der Waals surface area (Å²) in [4.78, 5) is 18.5. The molecule has 2 aromatic carbocycles. The molecule has 146 valence electrons. The van der Waals surface area contributed by atoms with Crippen LogP contribution in [0.5, 0.6) is 0 Å². The summed E-state index contributed by atoms with van der Waals surface area (Å²) >= 11 is 11.8. The van der Waals surface area contributed by atoms with E-state index in [9.17, 15) is 4.79 Å². The Morgan fingerprint density at radius 3 is 2.25 bits per heavy atom. The van der Waals surface area contributed by atoms with Gasteiger partial charge in [-0.1, -0.05) is 40.5 Å². The van der Waals surface area contributed by atoms with Gasteiger partial charge in [-0.15, -0.1) is 0 Å². The molecule has 0 spiro atoms. The van der Waals surface area contributed by atoms with Crippen LogP contribution in [0.15, 0.2) is 53.1 Å². The standard InChI is InChI=1S/C19H19Cl2N5O2/c1-26(2)19-24-17(25-28-19)16(11-12-3-5-13(20)6-4-12)23-18(27)22-15-9-7-14(21)8-10-15/h3-10,16H,11H2,1-2H3,(H2,22,23,27)/t16-/m0/s1. The molecule has 0 aliphatic rings. The Hall–Kier alpha value is -2.77. The lowest BCUT2D eigenvalue weighted by atomic mass is 10.1. The number of anilines is 2. The van der Waals surface area contributed by atoms with Crippen molar-refractivity contribution < 1.29 is 9.32 Å². The molecule has 0 saturated heterocycles. The van der Waals surface area contributed by atoms with E-state index < -0.39 is 12.1 Å². The Morgan fingerprint density at radius 2 is 1.68 bits per heavy atom. The molecule has 1 atom stereocenters. The Morgan fingerprint density at radius 1 is 1.07 bits per heavy atom. The van der Waals surface area contributed by atoms with Crippen LogP contribution in [-0.2, 0) is 6.42 Å². The molecule has 2 N–H and O–H groups in total. The zero-order valence-electron chi connectivity index (χ0n) is 15.3. The summed E-state index contributed by atoms with van der Waals surface area (Å²) in [6.45, 7) is 0. The van der Waals surface area contributed by atoms with Gasteiger partial charge in [-0.2, -0.15) is 4.98 Å². The van der Waals surface area contributed by atoms with Gasteiger partial charge in [0.2, 0.25) is 0 Å². The highest BCUT2D eigenvalue weighted by Crippen LogP contribution is 2.20. The monoisotopic (exact) mass is 419 g/mol. The largest absolute Gasteiger partial charge is 0.331 e. The van der Waals surface area contributed by atoms with Crippen molar-refractivity contribution in [3.63, 3.8) is 0 Å². The van der Waals surface area contributed by atoms with Gasteiger partial charge in [0, 0.05) is 36.2 Å². The van der Waals surface area contributed by atoms with Crippen LogP contribution >= 0.6 is 23.2 Å². The second kappa shape index (κ2) is 8.95. The van der Waals surface area contributed by atoms with Crippen LogP contribution in [0.3, 0.4) is 0 Å². The number of carbonyl (C=O) groups is 1. The average Bonchev–Trinajstić information content (AvgIpc) is 3.15. The van der Waals surface area contributed by atoms with Crippen molar-refractivity contribution in [2.75, 3.05) is 24.3 Å². The molecule has 0 aliphatic carbocycles. The lowest BCUT2D eigenvalue weighted by molar-refractivity contribution is 0.247. The quantitative estimate of drug-likeness (QED) is 0.612. The minimum atomic E-state index is -0.495. The van der Waals surface area contributed by atoms with E-state index in [1.807, 2.05) is 12.1 Å². The number of nitrogens with one attached hydrogen (secondary N) is 2. The van der Waals surface area contributed by atoms with E-state index in [2.05, 4.69) is 20.8 Å². The lowest BCUT2D eigenvalue weighted by Crippen LogP contribution is -2.34. The fourth-order valence-electron chi connectivity index (χ4n) is 2.47. The van der Waals surface area contributed by atoms with Gasteiger partial charge in [0.05, 0.1) is 6.04 Å². The van der Waals surface area contributed by atoms with Crippen molar-refractivity contribution in [2.45, 2.75) is 12.5 Å². The van der Waals surface area contributed by atoms with E-state index >= 15 is 0 Å². The number of urea groups is 1. The molecular weight excluding hydrogens is 401 g/mol. The molecule has 1 heterocycles. The number of carbonyl (C=O) groups excluding carboxylic acids is 1. The van der Waals surface area contributed by atoms with Crippen molar-refractivity contribution in [1.82, 2.24) is 15.5 Å². The number of amides is 2. The van der Waals surface area contributed by atoms with Gasteiger partial charge in [-0.3, -0.25) is 0 Å². The van der Waals surface area contributed by atoms with Crippen LogP contribution in [0.25, 0.3) is 0 Å². The number of hydrogen-bond acceptors (Lipinski definition) is 5. The molecule has 0 unspecified atom stereocenters. The first-order valence-electron chi connectivity index (χ1n) is 8.49. The topological polar surface area (TPSA) is 83.3 Å². The fourth-order valence-corrected chi connectivity index (χ4v) is 2.72. The van der Waals surface area contributed by atoms with E-state index in [1.165, 1.54) is 0 Å². The third-order valence-corrected chi connectivity index (χ3v) is 4.39. The number of aromatic nitrogens is 2. The minimum Gasteiger partial charge on any atom is -0.331 e. The average molecular weight is 420 g/mol. The molecule has 2 amide bonds. The smallest absolute Gasteiger partial charge is 0.323 e. The molecule has 9 heteroatoms. The number of halogens is 2. The van der Waals surface area contributed by atoms with E-state index in [4.69, 9.17) is 27.7 Å². The summed E-state index contributed by atoms with van der Waals surface area (Å²) in [5.41, 5.74) is 1.59. The van der Waals surface area contributed by atoms with Crippen molar-refractivity contribution in [2.24, 2.45) is 0 Å². The predicted octanol–water partition coefficient (Wildman–Crippen LogP) is 4.55. The number of nitrogens with zero attached hydrogens (tertiary/aromatic N) is 3. The van der Waals surface area contributed by atoms with Gasteiger partial charge in [-0.05, 0) is 42.0 Å². The van der Waals surface area contributed by atoms with Crippen LogP contribution in [0.1, 0.15) is 17.4 Å². The molecule has 0 aliphatic heterocycles. The van der Waals surface area contributed by atoms with Crippen LogP contribution in [0.4, 0.5) is 16.5 Å². The minimum absolute atomic E-state index is 0.357. The van der Waals surface area contributed by atoms with Gasteiger partial charge in [0.25, 0.3) is 0 Å². The second-order valence-electron chi connectivity index (χ2n) is 6.32. The Balaban J connectivity index is 1.77. The summed E-state index contributed by atoms with van der Waals surface area (Å²) in [7, 11) is 3.60. The highest BCUT2D eigenvalue weighted by atomic mass is 35.5. The SMILES string of the molecule is CN(C)c1nc([C@H](Cc2ccc(Cl)cc2)NC(=O)Nc2ccc(Cl)cc2)no1. The molecule has 0 saturated carbocycles. The Kier molecular flexibility index (Phi) is 6.38. The number of benzene rings is 2. The van der Waals surface area contributed by atoms with E-state index in [1.54, 1.807) is 55.4 Å². The molecule has 0 radical (unpaired) electrons. The molecule has 3 aromatic rings. The highest BCUT2D eigenvalue weighted by Gasteiger charge is 2.22. The van der Waals surface area contributed by atoms with E-state index in [0.29, 0.717) is 34.0 Å². The van der Waals surface area contributed by atoms with Crippen LogP contribution in [-0.4, -0.2) is 30.3 Å². The van der Waals surface area contributed by atoms with Gasteiger partial charge in [0.15, 0.2) is 5.82 Å². The van der Waals surface area contributed by atoms with Crippen molar-refractivity contribution in [3.8, 4) is 0 Å². The third kappa shape index (κ3) is 5.37. The van der Waals surface area contributed by atoms with Crippen LogP contribution < -0.4 is 15.5 Å². The first-order chi connectivity index (χ1) is 13.4. The van der Waals surface area contributed by atoms with E-state index in [-0.39, 0.29) is 0 Å². The van der Waals surface area contributed by atoms with Gasteiger partial charge >= 0.3 is 12.0 Å². The summed E-state index contributed by atoms with van der Waals surface area (Å²) in [6, 6.07) is 13.7. The molecule has 1 aromatic heterocycles. The first-order valence-corrected chi connectivity index (χ1v) is 9.25. The fraction of sp³-hybridized carbons (Fsp3) is 0.211. The molecule has 0 bridgehead atoms. The maximum Gasteiger partial charge on any atom is 0.323 e. The molecule has 0 fully saturated rings. The summed E-state index contributed by atoms with van der Waals surface area (Å²) in [5, 5.41) is 10.9. The van der Waals surface area contributed by atoms with Crippen LogP contribution in [0.2, 0.25) is 10.0 Å². The summed E-state index contributed by atoms with van der Waals surface area (Å²) in [6.07, 6.45) is 0.470.